The summed E-state index contributed by atoms with van der Waals surface area (Å²) in [6.07, 6.45) is 0.704. The second-order valence-corrected chi connectivity index (χ2v) is 11.7. The quantitative estimate of drug-likeness (QED) is 0.433. The van der Waals surface area contributed by atoms with Crippen molar-refractivity contribution in [3.05, 3.63) is 52.0 Å². The van der Waals surface area contributed by atoms with E-state index in [1.54, 1.807) is 37.3 Å². The van der Waals surface area contributed by atoms with Gasteiger partial charge in [-0.1, -0.05) is 36.2 Å². The van der Waals surface area contributed by atoms with Crippen molar-refractivity contribution in [1.82, 2.24) is 10.2 Å². The van der Waals surface area contributed by atoms with E-state index >= 15 is 0 Å². The number of halogens is 2. The van der Waals surface area contributed by atoms with E-state index in [1.165, 1.54) is 17.9 Å². The van der Waals surface area contributed by atoms with Crippen LogP contribution in [0.15, 0.2) is 36.4 Å². The molecule has 37 heavy (non-hydrogen) atoms. The van der Waals surface area contributed by atoms with Crippen molar-refractivity contribution in [2.24, 2.45) is 0 Å². The summed E-state index contributed by atoms with van der Waals surface area (Å²) in [4.78, 5) is 28.1. The topological polar surface area (TPSA) is 105 Å². The van der Waals surface area contributed by atoms with Crippen LogP contribution in [-0.4, -0.2) is 56.3 Å². The summed E-state index contributed by atoms with van der Waals surface area (Å²) in [6, 6.07) is 8.54. The number of anilines is 1. The number of fused-ring (bicyclic) bond motifs is 1. The standard InChI is InChI=1S/C25H31Cl2N3O6S/c1-5-16(3)28-25(32)17(4)29(13-19-20(26)8-7-9-21(19)27)24(31)14-30(37(33,34)6-2)18-10-11-22-23(12-18)36-15-35-22/h7-12,16-17H,5-6,13-15H2,1-4H3,(H,28,32)/t16-,17+/m0/s1. The van der Waals surface area contributed by atoms with Gasteiger partial charge in [0, 0.05) is 34.3 Å². The monoisotopic (exact) mass is 571 g/mol. The molecule has 9 nitrogen and oxygen atoms in total. The average molecular weight is 573 g/mol. The van der Waals surface area contributed by atoms with Crippen molar-refractivity contribution in [2.45, 2.75) is 52.7 Å². The first kappa shape index (κ1) is 28.9. The number of nitrogens with one attached hydrogen (secondary N) is 1. The molecule has 2 amide bonds. The van der Waals surface area contributed by atoms with Gasteiger partial charge in [0.2, 0.25) is 28.6 Å². The van der Waals surface area contributed by atoms with Crippen LogP contribution < -0.4 is 19.1 Å². The first-order valence-corrected chi connectivity index (χ1v) is 14.3. The van der Waals surface area contributed by atoms with Gasteiger partial charge >= 0.3 is 0 Å². The molecule has 1 N–H and O–H groups in total. The molecule has 2 aromatic carbocycles. The maximum absolute atomic E-state index is 13.7. The summed E-state index contributed by atoms with van der Waals surface area (Å²) in [7, 11) is -3.88. The molecule has 1 aliphatic rings. The molecule has 0 aromatic heterocycles. The highest BCUT2D eigenvalue weighted by molar-refractivity contribution is 7.92. The fourth-order valence-corrected chi connectivity index (χ4v) is 5.23. The number of rotatable bonds is 11. The van der Waals surface area contributed by atoms with Crippen molar-refractivity contribution in [1.29, 1.82) is 0 Å². The third kappa shape index (κ3) is 6.80. The van der Waals surface area contributed by atoms with Crippen LogP contribution in [0.4, 0.5) is 5.69 Å². The van der Waals surface area contributed by atoms with E-state index in [4.69, 9.17) is 32.7 Å². The van der Waals surface area contributed by atoms with E-state index in [9.17, 15) is 18.0 Å². The number of hydrogen-bond donors (Lipinski definition) is 1. The molecular weight excluding hydrogens is 541 g/mol. The summed E-state index contributed by atoms with van der Waals surface area (Å²) < 4.78 is 37.9. The van der Waals surface area contributed by atoms with Crippen LogP contribution >= 0.6 is 23.2 Å². The van der Waals surface area contributed by atoms with Crippen LogP contribution in [0.5, 0.6) is 11.5 Å². The smallest absolute Gasteiger partial charge is 0.244 e. The van der Waals surface area contributed by atoms with E-state index in [-0.39, 0.29) is 36.7 Å². The van der Waals surface area contributed by atoms with Gasteiger partial charge in [0.15, 0.2) is 11.5 Å². The van der Waals surface area contributed by atoms with Gasteiger partial charge in [-0.3, -0.25) is 13.9 Å². The Kier molecular flexibility index (Phi) is 9.55. The fraction of sp³-hybridized carbons (Fsp3) is 0.440. The first-order valence-electron chi connectivity index (χ1n) is 11.9. The zero-order valence-electron chi connectivity index (χ0n) is 21.2. The van der Waals surface area contributed by atoms with Crippen LogP contribution in [0.3, 0.4) is 0 Å². The van der Waals surface area contributed by atoms with Crippen LogP contribution in [0.2, 0.25) is 10.0 Å². The van der Waals surface area contributed by atoms with Gasteiger partial charge in [-0.15, -0.1) is 0 Å². The van der Waals surface area contributed by atoms with Gasteiger partial charge in [-0.05, 0) is 51.5 Å². The zero-order chi connectivity index (χ0) is 27.3. The van der Waals surface area contributed by atoms with Crippen LogP contribution in [0, 0.1) is 0 Å². The van der Waals surface area contributed by atoms with E-state index in [0.717, 1.165) is 4.31 Å². The molecule has 0 saturated heterocycles. The summed E-state index contributed by atoms with van der Waals surface area (Å²) in [5.74, 6) is -0.359. The summed E-state index contributed by atoms with van der Waals surface area (Å²) in [6.45, 7) is 6.25. The second kappa shape index (κ2) is 12.2. The van der Waals surface area contributed by atoms with Crippen LogP contribution in [-0.2, 0) is 26.2 Å². The van der Waals surface area contributed by atoms with E-state index in [0.29, 0.717) is 33.5 Å². The molecule has 202 valence electrons. The van der Waals surface area contributed by atoms with E-state index in [2.05, 4.69) is 5.32 Å². The molecule has 1 aliphatic heterocycles. The Morgan fingerprint density at radius 1 is 1.05 bits per heavy atom. The Morgan fingerprint density at radius 2 is 1.70 bits per heavy atom. The number of carbonyl (C=O) groups is 2. The molecule has 0 bridgehead atoms. The number of ether oxygens (including phenoxy) is 2. The molecule has 12 heteroatoms. The lowest BCUT2D eigenvalue weighted by atomic mass is 10.1. The number of benzene rings is 2. The van der Waals surface area contributed by atoms with Gasteiger partial charge in [0.05, 0.1) is 11.4 Å². The molecule has 3 rings (SSSR count). The third-order valence-electron chi connectivity index (χ3n) is 6.18. The average Bonchev–Trinajstić information content (AvgIpc) is 3.34. The molecule has 0 aliphatic carbocycles. The Bertz CT molecular complexity index is 1240. The van der Waals surface area contributed by atoms with Crippen molar-refractivity contribution in [3.8, 4) is 11.5 Å². The van der Waals surface area contributed by atoms with Crippen molar-refractivity contribution >= 4 is 50.7 Å². The van der Waals surface area contributed by atoms with Gasteiger partial charge < -0.3 is 19.7 Å². The SMILES string of the molecule is CC[C@H](C)NC(=O)[C@@H](C)N(Cc1c(Cl)cccc1Cl)C(=O)CN(c1ccc2c(c1)OCO2)S(=O)(=O)CC. The van der Waals surface area contributed by atoms with Crippen molar-refractivity contribution < 1.29 is 27.5 Å². The van der Waals surface area contributed by atoms with Gasteiger partial charge in [0.1, 0.15) is 12.6 Å². The molecule has 0 radical (unpaired) electrons. The highest BCUT2D eigenvalue weighted by Crippen LogP contribution is 2.36. The van der Waals surface area contributed by atoms with Crippen LogP contribution in [0.1, 0.15) is 39.7 Å². The minimum absolute atomic E-state index is 0.0213. The highest BCUT2D eigenvalue weighted by atomic mass is 35.5. The van der Waals surface area contributed by atoms with Gasteiger partial charge in [-0.25, -0.2) is 8.42 Å². The number of amides is 2. The van der Waals surface area contributed by atoms with E-state index < -0.39 is 28.5 Å². The summed E-state index contributed by atoms with van der Waals surface area (Å²) in [5, 5.41) is 3.53. The Hall–Kier alpha value is -2.69. The minimum atomic E-state index is -3.88. The first-order chi connectivity index (χ1) is 17.5. The summed E-state index contributed by atoms with van der Waals surface area (Å²) >= 11 is 12.7. The fourth-order valence-electron chi connectivity index (χ4n) is 3.66. The minimum Gasteiger partial charge on any atom is -0.454 e. The highest BCUT2D eigenvalue weighted by Gasteiger charge is 2.32. The van der Waals surface area contributed by atoms with Crippen molar-refractivity contribution in [3.63, 3.8) is 0 Å². The molecule has 2 aromatic rings. The number of sulfonamides is 1. The number of carbonyl (C=O) groups excluding carboxylic acids is 2. The van der Waals surface area contributed by atoms with Crippen molar-refractivity contribution in [2.75, 3.05) is 23.4 Å². The third-order valence-corrected chi connectivity index (χ3v) is 8.63. The largest absolute Gasteiger partial charge is 0.454 e. The molecule has 0 spiro atoms. The summed E-state index contributed by atoms with van der Waals surface area (Å²) in [5.41, 5.74) is 0.697. The number of nitrogens with zero attached hydrogens (tertiary/aromatic N) is 2. The molecule has 0 unspecified atom stereocenters. The Labute approximate surface area is 227 Å². The Balaban J connectivity index is 1.98. The van der Waals surface area contributed by atoms with E-state index in [1.807, 2.05) is 13.8 Å². The van der Waals surface area contributed by atoms with Crippen LogP contribution in [0.25, 0.3) is 0 Å². The molecule has 2 atom stereocenters. The molecule has 0 fully saturated rings. The normalized spacial score (nSPS) is 14.1. The molecular formula is C25H31Cl2N3O6S. The van der Waals surface area contributed by atoms with Gasteiger partial charge in [0.25, 0.3) is 0 Å². The lowest BCUT2D eigenvalue weighted by molar-refractivity contribution is -0.139. The van der Waals surface area contributed by atoms with Gasteiger partial charge in [-0.2, -0.15) is 0 Å². The maximum Gasteiger partial charge on any atom is 0.244 e. The predicted octanol–water partition coefficient (Wildman–Crippen LogP) is 4.21. The second-order valence-electron chi connectivity index (χ2n) is 8.66. The molecule has 0 saturated carbocycles. The zero-order valence-corrected chi connectivity index (χ0v) is 23.5. The lowest BCUT2D eigenvalue weighted by Gasteiger charge is -2.32. The Morgan fingerprint density at radius 3 is 2.32 bits per heavy atom. The molecule has 1 heterocycles. The predicted molar refractivity (Wildman–Crippen MR) is 144 cm³/mol. The lowest BCUT2D eigenvalue weighted by Crippen LogP contribution is -2.52. The maximum atomic E-state index is 13.7. The number of hydrogen-bond acceptors (Lipinski definition) is 6.